The van der Waals surface area contributed by atoms with Crippen molar-refractivity contribution in [3.8, 4) is 56.4 Å². The first-order chi connectivity index (χ1) is 63.4. The van der Waals surface area contributed by atoms with Crippen LogP contribution in [0.1, 0.15) is 371 Å². The third-order valence-electron chi connectivity index (χ3n) is 30.1. The summed E-state index contributed by atoms with van der Waals surface area (Å²) in [7, 11) is 0. The summed E-state index contributed by atoms with van der Waals surface area (Å²) in [6.07, 6.45) is 28.3. The molecule has 5 aliphatic rings. The van der Waals surface area contributed by atoms with Gasteiger partial charge >= 0.3 is 0 Å². The number of imide groups is 2. The van der Waals surface area contributed by atoms with Crippen molar-refractivity contribution in [3.05, 3.63) is 261 Å². The van der Waals surface area contributed by atoms with E-state index in [9.17, 15) is 0 Å². The molecule has 0 bridgehead atoms. The average Bonchev–Trinajstić information content (AvgIpc) is 0.863. The third-order valence-corrected chi connectivity index (χ3v) is 31.2. The van der Waals surface area contributed by atoms with Crippen LogP contribution in [0.15, 0.2) is 204 Å². The molecule has 3 aliphatic heterocycles. The fraction of sp³-hybridized carbons (Fsp3) is 0.410. The zero-order chi connectivity index (χ0) is 92.7. The maximum atomic E-state index is 17.1. The summed E-state index contributed by atoms with van der Waals surface area (Å²) in [5.41, 5.74) is 21.4. The first-order valence-corrected chi connectivity index (χ1v) is 51.2. The van der Waals surface area contributed by atoms with Gasteiger partial charge in [-0.1, -0.05) is 349 Å². The SMILES string of the molecule is CCCCCCCCN1C(=O)c2ccc3c4c(Oc5cc(C(C)(C)C)cc(C(C)(C)C)c5)cc5c6c(ccc(c7c(Oc8cc(C(C)(C)C)cc(C(C)(C)C)c8)cc(c2c37)C1=O)c64)C(=O)N(c1ccc2c(c1)C(CCCCCC)(CCCCCC)c1cc(-c3ccc4c(c3)C(CCCCCC)(CCCCCC)c3cc(N6c7ccccc7Sc7ccccc76)ccc3-4)ccc1-2)C5=O. The van der Waals surface area contributed by atoms with Crippen molar-refractivity contribution in [3.63, 3.8) is 0 Å². The molecule has 0 saturated carbocycles. The van der Waals surface area contributed by atoms with E-state index in [1.165, 1.54) is 125 Å². The molecule has 18 rings (SSSR count). The summed E-state index contributed by atoms with van der Waals surface area (Å²) in [6, 6.07) is 71.5. The van der Waals surface area contributed by atoms with Crippen LogP contribution in [-0.2, 0) is 32.5 Å². The first-order valence-electron chi connectivity index (χ1n) is 50.4. The number of hydrogen-bond donors (Lipinski definition) is 0. The Labute approximate surface area is 790 Å². The molecule has 2 aliphatic carbocycles. The van der Waals surface area contributed by atoms with Crippen molar-refractivity contribution >= 4 is 101 Å². The van der Waals surface area contributed by atoms with Gasteiger partial charge in [0, 0.05) is 76.3 Å². The van der Waals surface area contributed by atoms with E-state index < -0.39 is 17.2 Å². The molecule has 132 heavy (non-hydrogen) atoms. The fourth-order valence-corrected chi connectivity index (χ4v) is 23.8. The Hall–Kier alpha value is -10.8. The monoisotopic (exact) mass is 1770 g/mol. The highest BCUT2D eigenvalue weighted by Gasteiger charge is 2.48. The maximum Gasteiger partial charge on any atom is 0.266 e. The number of para-hydroxylation sites is 2. The molecule has 13 aromatic carbocycles. The molecule has 682 valence electrons. The summed E-state index contributed by atoms with van der Waals surface area (Å²) in [5, 5.41) is 5.16. The van der Waals surface area contributed by atoms with Gasteiger partial charge in [0.15, 0.2) is 0 Å². The molecule has 0 spiro atoms. The molecular formula is C122H137N3O6S. The number of nitrogens with zero attached hydrogens (tertiary/aromatic N) is 3. The van der Waals surface area contributed by atoms with Crippen LogP contribution >= 0.6 is 11.8 Å². The molecule has 9 nitrogen and oxygen atoms in total. The van der Waals surface area contributed by atoms with Gasteiger partial charge in [0.1, 0.15) is 23.0 Å². The standard InChI is InChI=1S/C122H137N3O6S/c1-18-23-28-33-34-43-64-123-113(126)93-58-56-91-110-104(131-86-71-81(119(12,13)14)68-82(72-86)120(15,16)17)76-96-108-94(59-57-92(112(108)110)109-103(75-95(114(123)127)107(93)111(91)109)130-85-69-79(117(6,7)8)67-80(70-85)118(9,10)11)115(128)125(116(96)129)84-51-55-90-88-53-49-78(66-98(88)122(100(90)74-84,62-41-31-26-21-4)63-42-32-27-22-5)77-48-52-87-89-54-50-83(124-101-44-35-37-46-105(101)132-106-47-38-36-45-102(106)124)73-99(89)121(97(87)65-77,60-39-29-24-19-2)61-40-30-25-20-3/h35-38,44-59,65-76H,18-34,39-43,60-64H2,1-17H3. The van der Waals surface area contributed by atoms with Gasteiger partial charge in [0.05, 0.1) is 28.2 Å². The van der Waals surface area contributed by atoms with E-state index >= 15 is 19.2 Å². The molecule has 0 unspecified atom stereocenters. The second-order valence-electron chi connectivity index (χ2n) is 43.3. The largest absolute Gasteiger partial charge is 0.457 e. The van der Waals surface area contributed by atoms with E-state index in [1.54, 1.807) is 0 Å². The molecule has 13 aromatic rings. The van der Waals surface area contributed by atoms with Gasteiger partial charge in [-0.15, -0.1) is 0 Å². The van der Waals surface area contributed by atoms with Crippen molar-refractivity contribution in [1.82, 2.24) is 4.90 Å². The lowest BCUT2D eigenvalue weighted by Gasteiger charge is -2.36. The van der Waals surface area contributed by atoms with Crippen molar-refractivity contribution in [2.45, 2.75) is 327 Å². The van der Waals surface area contributed by atoms with E-state index in [0.29, 0.717) is 107 Å². The van der Waals surface area contributed by atoms with Gasteiger partial charge in [-0.25, -0.2) is 4.90 Å². The summed E-state index contributed by atoms with van der Waals surface area (Å²) in [6.45, 7) is 38.4. The van der Waals surface area contributed by atoms with Crippen LogP contribution in [0.3, 0.4) is 0 Å². The number of amides is 4. The summed E-state index contributed by atoms with van der Waals surface area (Å²) >= 11 is 1.87. The Kier molecular flexibility index (Phi) is 25.4. The first kappa shape index (κ1) is 91.7. The average molecular weight is 1770 g/mol. The zero-order valence-electron chi connectivity index (χ0n) is 81.8. The normalized spacial score (nSPS) is 14.9. The van der Waals surface area contributed by atoms with Crippen molar-refractivity contribution in [1.29, 1.82) is 0 Å². The summed E-state index contributed by atoms with van der Waals surface area (Å²) in [5.74, 6) is 0.525. The van der Waals surface area contributed by atoms with Crippen molar-refractivity contribution < 1.29 is 28.7 Å². The van der Waals surface area contributed by atoms with Crippen LogP contribution in [0.4, 0.5) is 22.7 Å². The van der Waals surface area contributed by atoms with Crippen LogP contribution in [0.2, 0.25) is 0 Å². The van der Waals surface area contributed by atoms with Crippen LogP contribution in [-0.4, -0.2) is 35.1 Å². The molecule has 0 radical (unpaired) electrons. The van der Waals surface area contributed by atoms with Crippen LogP contribution in [0.5, 0.6) is 23.0 Å². The Balaban J connectivity index is 0.807. The van der Waals surface area contributed by atoms with Crippen LogP contribution < -0.4 is 19.3 Å². The van der Waals surface area contributed by atoms with Gasteiger partial charge in [-0.05, 0) is 252 Å². The Morgan fingerprint density at radius 2 is 0.614 bits per heavy atom. The molecule has 3 heterocycles. The van der Waals surface area contributed by atoms with E-state index in [0.717, 1.165) is 150 Å². The topological polar surface area (TPSA) is 96.5 Å². The molecule has 0 atom stereocenters. The number of rotatable bonds is 34. The highest BCUT2D eigenvalue weighted by Crippen LogP contribution is 2.62. The van der Waals surface area contributed by atoms with Crippen LogP contribution in [0, 0.1) is 0 Å². The maximum absolute atomic E-state index is 17.1. The van der Waals surface area contributed by atoms with E-state index in [2.05, 4.69) is 274 Å². The minimum absolute atomic E-state index is 0.206. The highest BCUT2D eigenvalue weighted by molar-refractivity contribution is 7.99. The number of fused-ring (bicyclic) bond motifs is 10. The van der Waals surface area contributed by atoms with Gasteiger partial charge < -0.3 is 14.4 Å². The molecule has 10 heteroatoms. The molecule has 0 aromatic heterocycles. The minimum atomic E-state index is -0.457. The highest BCUT2D eigenvalue weighted by atomic mass is 32.2. The van der Waals surface area contributed by atoms with E-state index in [1.807, 2.05) is 54.2 Å². The van der Waals surface area contributed by atoms with Crippen LogP contribution in [0.25, 0.3) is 76.5 Å². The molecule has 0 fully saturated rings. The molecule has 4 amide bonds. The number of unbranched alkanes of at least 4 members (excludes halogenated alkanes) is 17. The lowest BCUT2D eigenvalue weighted by molar-refractivity contribution is 0.0606. The predicted octanol–water partition coefficient (Wildman–Crippen LogP) is 35.3. The predicted molar refractivity (Wildman–Crippen MR) is 554 cm³/mol. The van der Waals surface area contributed by atoms with Crippen molar-refractivity contribution in [2.75, 3.05) is 16.3 Å². The lowest BCUT2D eigenvalue weighted by atomic mass is 9.69. The van der Waals surface area contributed by atoms with Gasteiger partial charge in [-0.2, -0.15) is 0 Å². The summed E-state index contributed by atoms with van der Waals surface area (Å²) < 4.78 is 15.2. The number of anilines is 4. The van der Waals surface area contributed by atoms with Gasteiger partial charge in [-0.3, -0.25) is 24.1 Å². The van der Waals surface area contributed by atoms with Gasteiger partial charge in [0.2, 0.25) is 0 Å². The lowest BCUT2D eigenvalue weighted by Crippen LogP contribution is -2.41. The third kappa shape index (κ3) is 16.5. The number of benzene rings is 13. The Bertz CT molecular complexity index is 6530. The molecule has 0 saturated heterocycles. The smallest absolute Gasteiger partial charge is 0.266 e. The number of hydrogen-bond acceptors (Lipinski definition) is 8. The summed E-state index contributed by atoms with van der Waals surface area (Å²) in [4.78, 5) is 73.1. The second-order valence-corrected chi connectivity index (χ2v) is 44.4. The minimum Gasteiger partial charge on any atom is -0.457 e. The number of carbonyl (C=O) groups excluding carboxylic acids is 4. The van der Waals surface area contributed by atoms with E-state index in [-0.39, 0.29) is 38.9 Å². The van der Waals surface area contributed by atoms with Crippen molar-refractivity contribution in [2.24, 2.45) is 0 Å². The number of ether oxygens (including phenoxy) is 2. The van der Waals surface area contributed by atoms with Gasteiger partial charge in [0.25, 0.3) is 23.6 Å². The second kappa shape index (κ2) is 36.5. The quantitative estimate of drug-likeness (QED) is 0.0170. The molecule has 0 N–H and O–H groups in total. The molecular weight excluding hydrogens is 1640 g/mol. The van der Waals surface area contributed by atoms with E-state index in [4.69, 9.17) is 9.47 Å². The number of carbonyl (C=O) groups is 4. The Morgan fingerprint density at radius 3 is 1.02 bits per heavy atom. The fourth-order valence-electron chi connectivity index (χ4n) is 22.7. The Morgan fingerprint density at radius 1 is 0.288 bits per heavy atom. The zero-order valence-corrected chi connectivity index (χ0v) is 82.6.